The maximum absolute atomic E-state index is 11.6. The molecule has 0 aliphatic rings. The molecule has 0 amide bonds. The third-order valence-electron chi connectivity index (χ3n) is 4.87. The lowest BCUT2D eigenvalue weighted by Crippen LogP contribution is -2.09. The zero-order valence-electron chi connectivity index (χ0n) is 16.7. The van der Waals surface area contributed by atoms with Crippen molar-refractivity contribution in [1.82, 2.24) is 0 Å². The van der Waals surface area contributed by atoms with Gasteiger partial charge in [-0.25, -0.2) is 4.79 Å². The highest BCUT2D eigenvalue weighted by Gasteiger charge is 2.09. The van der Waals surface area contributed by atoms with Crippen molar-refractivity contribution in [3.8, 4) is 22.3 Å². The van der Waals surface area contributed by atoms with Gasteiger partial charge in [-0.1, -0.05) is 79.4 Å². The van der Waals surface area contributed by atoms with Crippen LogP contribution in [0.2, 0.25) is 0 Å². The van der Waals surface area contributed by atoms with Crippen LogP contribution in [0.4, 0.5) is 0 Å². The highest BCUT2D eigenvalue weighted by molar-refractivity contribution is 5.86. The molecule has 0 aliphatic heterocycles. The molecule has 3 heteroatoms. The first-order valence-electron chi connectivity index (χ1n) is 9.79. The second-order valence-electron chi connectivity index (χ2n) is 7.07. The van der Waals surface area contributed by atoms with E-state index < -0.39 is 0 Å². The molecule has 3 aromatic carbocycles. The molecule has 0 saturated heterocycles. The summed E-state index contributed by atoms with van der Waals surface area (Å²) < 4.78 is 5.25. The monoisotopic (exact) mass is 386 g/mol. The summed E-state index contributed by atoms with van der Waals surface area (Å²) in [6.45, 7) is 5.62. The van der Waals surface area contributed by atoms with E-state index in [1.54, 1.807) is 6.92 Å². The number of carbonyl (C=O) groups excluding carboxylic acids is 1. The highest BCUT2D eigenvalue weighted by Crippen LogP contribution is 2.27. The Morgan fingerprint density at radius 3 is 2.03 bits per heavy atom. The van der Waals surface area contributed by atoms with E-state index in [-0.39, 0.29) is 12.6 Å². The smallest absolute Gasteiger partial charge is 0.333 e. The van der Waals surface area contributed by atoms with Gasteiger partial charge in [-0.2, -0.15) is 0 Å². The number of aliphatic hydroxyl groups excluding tert-OH is 1. The summed E-state index contributed by atoms with van der Waals surface area (Å²) >= 11 is 0. The Hall–Kier alpha value is -3.17. The van der Waals surface area contributed by atoms with Crippen molar-refractivity contribution in [2.24, 2.45) is 0 Å². The number of hydrogen-bond acceptors (Lipinski definition) is 3. The number of aliphatic hydroxyl groups is 1. The average Bonchev–Trinajstić information content (AvgIpc) is 2.75. The Morgan fingerprint density at radius 1 is 0.828 bits per heavy atom. The molecule has 0 saturated carbocycles. The van der Waals surface area contributed by atoms with Crippen LogP contribution in [0.15, 0.2) is 84.9 Å². The summed E-state index contributed by atoms with van der Waals surface area (Å²) in [7, 11) is 0. The minimum absolute atomic E-state index is 0.0870. The molecule has 0 aromatic heterocycles. The van der Waals surface area contributed by atoms with E-state index in [0.717, 1.165) is 22.3 Å². The van der Waals surface area contributed by atoms with Crippen LogP contribution < -0.4 is 0 Å². The van der Waals surface area contributed by atoms with Crippen LogP contribution in [-0.4, -0.2) is 24.3 Å². The minimum Gasteiger partial charge on any atom is -0.462 e. The quantitative estimate of drug-likeness (QED) is 0.427. The van der Waals surface area contributed by atoms with Gasteiger partial charge >= 0.3 is 5.97 Å². The van der Waals surface area contributed by atoms with E-state index in [4.69, 9.17) is 4.74 Å². The van der Waals surface area contributed by atoms with E-state index in [9.17, 15) is 9.90 Å². The fraction of sp³-hybridized carbons (Fsp3) is 0.192. The summed E-state index contributed by atoms with van der Waals surface area (Å²) in [6.07, 6.45) is 1.18. The molecular weight excluding hydrogens is 360 g/mol. The second kappa shape index (κ2) is 9.85. The molecular formula is C26H26O3. The van der Waals surface area contributed by atoms with E-state index in [1.807, 2.05) is 24.3 Å². The highest BCUT2D eigenvalue weighted by atomic mass is 16.5. The third kappa shape index (κ3) is 5.43. The minimum atomic E-state index is -0.374. The van der Waals surface area contributed by atoms with Crippen LogP contribution >= 0.6 is 0 Å². The molecule has 3 aromatic rings. The van der Waals surface area contributed by atoms with Gasteiger partial charge < -0.3 is 9.84 Å². The van der Waals surface area contributed by atoms with Gasteiger partial charge in [-0.15, -0.1) is 0 Å². The van der Waals surface area contributed by atoms with Gasteiger partial charge in [0.05, 0.1) is 6.61 Å². The molecule has 0 unspecified atom stereocenters. The zero-order valence-corrected chi connectivity index (χ0v) is 16.7. The Morgan fingerprint density at radius 2 is 1.41 bits per heavy atom. The first kappa shape index (κ1) is 20.6. The van der Waals surface area contributed by atoms with Gasteiger partial charge in [0, 0.05) is 18.6 Å². The zero-order chi connectivity index (χ0) is 20.6. The predicted octanol–water partition coefficient (Wildman–Crippen LogP) is 5.22. The van der Waals surface area contributed by atoms with Crippen molar-refractivity contribution >= 4 is 5.97 Å². The summed E-state index contributed by atoms with van der Waals surface area (Å²) in [6, 6.07) is 25.0. The molecule has 0 aliphatic carbocycles. The number of ether oxygens (including phenoxy) is 1. The van der Waals surface area contributed by atoms with Crippen molar-refractivity contribution in [3.63, 3.8) is 0 Å². The van der Waals surface area contributed by atoms with E-state index in [2.05, 4.69) is 55.1 Å². The Labute approximate surface area is 172 Å². The van der Waals surface area contributed by atoms with Crippen LogP contribution in [0, 0.1) is 0 Å². The first-order valence-corrected chi connectivity index (χ1v) is 9.79. The Kier molecular flexibility index (Phi) is 6.99. The average molecular weight is 386 g/mol. The van der Waals surface area contributed by atoms with Gasteiger partial charge in [0.25, 0.3) is 0 Å². The SMILES string of the molecule is C=C(C)C(=O)OCCc1cc(-c2ccc(-c3ccccc3)cc2)ccc1CCO. The number of esters is 1. The molecule has 1 N–H and O–H groups in total. The molecule has 29 heavy (non-hydrogen) atoms. The number of carbonyl (C=O) groups is 1. The molecule has 3 nitrogen and oxygen atoms in total. The topological polar surface area (TPSA) is 46.5 Å². The van der Waals surface area contributed by atoms with Crippen LogP contribution in [0.1, 0.15) is 18.1 Å². The van der Waals surface area contributed by atoms with E-state index in [0.29, 0.717) is 25.0 Å². The maximum Gasteiger partial charge on any atom is 0.333 e. The molecule has 0 atom stereocenters. The molecule has 0 heterocycles. The van der Waals surface area contributed by atoms with Gasteiger partial charge in [-0.3, -0.25) is 0 Å². The standard InChI is InChI=1S/C26H26O3/c1-19(2)26(28)29-17-15-25-18-24(13-12-23(25)14-16-27)22-10-8-21(9-11-22)20-6-4-3-5-7-20/h3-13,18,27H,1,14-17H2,2H3. The summed E-state index contributed by atoms with van der Waals surface area (Å²) in [5.41, 5.74) is 7.15. The maximum atomic E-state index is 11.6. The van der Waals surface area contributed by atoms with Crippen LogP contribution in [0.3, 0.4) is 0 Å². The Bertz CT molecular complexity index is 973. The van der Waals surface area contributed by atoms with Gasteiger partial charge in [0.2, 0.25) is 0 Å². The predicted molar refractivity (Wildman–Crippen MR) is 118 cm³/mol. The molecule has 148 valence electrons. The van der Waals surface area contributed by atoms with E-state index in [1.165, 1.54) is 11.1 Å². The number of hydrogen-bond donors (Lipinski definition) is 1. The van der Waals surface area contributed by atoms with Crippen molar-refractivity contribution in [3.05, 3.63) is 96.1 Å². The van der Waals surface area contributed by atoms with E-state index >= 15 is 0 Å². The van der Waals surface area contributed by atoms with Gasteiger partial charge in [0.1, 0.15) is 0 Å². The second-order valence-corrected chi connectivity index (χ2v) is 7.07. The van der Waals surface area contributed by atoms with Gasteiger partial charge in [-0.05, 0) is 46.7 Å². The van der Waals surface area contributed by atoms with Crippen LogP contribution in [-0.2, 0) is 22.4 Å². The van der Waals surface area contributed by atoms with Crippen molar-refractivity contribution in [1.29, 1.82) is 0 Å². The van der Waals surface area contributed by atoms with Crippen LogP contribution in [0.5, 0.6) is 0 Å². The first-order chi connectivity index (χ1) is 14.1. The molecule has 0 bridgehead atoms. The number of benzene rings is 3. The molecule has 3 rings (SSSR count). The lowest BCUT2D eigenvalue weighted by atomic mass is 9.95. The molecule has 0 spiro atoms. The fourth-order valence-corrected chi connectivity index (χ4v) is 3.27. The lowest BCUT2D eigenvalue weighted by molar-refractivity contribution is -0.138. The van der Waals surface area contributed by atoms with Crippen molar-refractivity contribution in [2.75, 3.05) is 13.2 Å². The Balaban J connectivity index is 1.80. The van der Waals surface area contributed by atoms with Crippen molar-refractivity contribution < 1.29 is 14.6 Å². The van der Waals surface area contributed by atoms with Gasteiger partial charge in [0.15, 0.2) is 0 Å². The number of rotatable bonds is 8. The third-order valence-corrected chi connectivity index (χ3v) is 4.87. The largest absolute Gasteiger partial charge is 0.462 e. The molecule has 0 fully saturated rings. The summed E-state index contributed by atoms with van der Waals surface area (Å²) in [5.74, 6) is -0.374. The summed E-state index contributed by atoms with van der Waals surface area (Å²) in [5, 5.41) is 9.36. The summed E-state index contributed by atoms with van der Waals surface area (Å²) in [4.78, 5) is 11.6. The fourth-order valence-electron chi connectivity index (χ4n) is 3.27. The normalized spacial score (nSPS) is 10.6. The van der Waals surface area contributed by atoms with Crippen LogP contribution in [0.25, 0.3) is 22.3 Å². The molecule has 0 radical (unpaired) electrons. The van der Waals surface area contributed by atoms with Crippen molar-refractivity contribution in [2.45, 2.75) is 19.8 Å². The lowest BCUT2D eigenvalue weighted by Gasteiger charge is -2.13.